The Morgan fingerprint density at radius 2 is 1.62 bits per heavy atom. The normalized spacial score (nSPS) is 13.8. The summed E-state index contributed by atoms with van der Waals surface area (Å²) in [6, 6.07) is 19.8. The lowest BCUT2D eigenvalue weighted by Gasteiger charge is -2.25. The van der Waals surface area contributed by atoms with E-state index >= 15 is 0 Å². The molecule has 4 heteroatoms. The number of nitrogens with two attached hydrogens (primary N) is 1. The zero-order valence-corrected chi connectivity index (χ0v) is 11.2. The van der Waals surface area contributed by atoms with Crippen LogP contribution in [0.1, 0.15) is 11.3 Å². The highest BCUT2D eigenvalue weighted by atomic mass is 16.4. The molecule has 1 aromatic heterocycles. The summed E-state index contributed by atoms with van der Waals surface area (Å²) in [4.78, 5) is 16.2. The Balaban J connectivity index is 2.22. The number of carboxylic acids is 1. The van der Waals surface area contributed by atoms with Gasteiger partial charge in [-0.05, 0) is 17.7 Å². The molecule has 4 nitrogen and oxygen atoms in total. The zero-order chi connectivity index (χ0) is 14.9. The summed E-state index contributed by atoms with van der Waals surface area (Å²) in [7, 11) is 0. The van der Waals surface area contributed by atoms with Crippen LogP contribution in [0.15, 0.2) is 66.7 Å². The maximum absolute atomic E-state index is 11.8. The third kappa shape index (κ3) is 2.15. The Labute approximate surface area is 121 Å². The van der Waals surface area contributed by atoms with Crippen LogP contribution in [0.25, 0.3) is 10.9 Å². The van der Waals surface area contributed by atoms with E-state index in [-0.39, 0.29) is 0 Å². The van der Waals surface area contributed by atoms with E-state index in [4.69, 9.17) is 5.73 Å². The molecule has 0 bridgehead atoms. The number of aromatic nitrogens is 1. The second-order valence-corrected chi connectivity index (χ2v) is 4.87. The molecule has 0 aliphatic rings. The summed E-state index contributed by atoms with van der Waals surface area (Å²) >= 11 is 0. The summed E-state index contributed by atoms with van der Waals surface area (Å²) in [5, 5.41) is 10.6. The van der Waals surface area contributed by atoms with E-state index in [1.807, 2.05) is 36.4 Å². The molecule has 0 fully saturated rings. The molecule has 0 spiro atoms. The molecule has 0 aliphatic carbocycles. The van der Waals surface area contributed by atoms with Crippen molar-refractivity contribution >= 4 is 16.9 Å². The van der Waals surface area contributed by atoms with Crippen molar-refractivity contribution in [2.75, 3.05) is 0 Å². The molecule has 3 rings (SSSR count). The van der Waals surface area contributed by atoms with E-state index in [1.54, 1.807) is 30.3 Å². The SMILES string of the molecule is NC(C(=O)O)(c1ccccc1)c1ccc2ccccc2n1. The molecule has 3 N–H and O–H groups in total. The van der Waals surface area contributed by atoms with Crippen LogP contribution in [0, 0.1) is 0 Å². The van der Waals surface area contributed by atoms with Crippen molar-refractivity contribution in [2.24, 2.45) is 5.73 Å². The van der Waals surface area contributed by atoms with Crippen LogP contribution in [0.5, 0.6) is 0 Å². The Morgan fingerprint density at radius 3 is 2.33 bits per heavy atom. The standard InChI is InChI=1S/C17H14N2O2/c18-17(16(20)21,13-7-2-1-3-8-13)15-11-10-12-6-4-5-9-14(12)19-15/h1-11H,18H2,(H,20,21). The van der Waals surface area contributed by atoms with Gasteiger partial charge in [0.15, 0.2) is 5.54 Å². The van der Waals surface area contributed by atoms with Crippen LogP contribution in [-0.2, 0) is 10.3 Å². The van der Waals surface area contributed by atoms with Gasteiger partial charge in [-0.2, -0.15) is 0 Å². The van der Waals surface area contributed by atoms with E-state index in [2.05, 4.69) is 4.98 Å². The number of hydrogen-bond donors (Lipinski definition) is 2. The van der Waals surface area contributed by atoms with Gasteiger partial charge in [0.2, 0.25) is 0 Å². The average molecular weight is 278 g/mol. The Bertz CT molecular complexity index is 802. The number of hydrogen-bond acceptors (Lipinski definition) is 3. The molecule has 1 heterocycles. The first-order valence-corrected chi connectivity index (χ1v) is 6.56. The maximum atomic E-state index is 11.8. The van der Waals surface area contributed by atoms with Crippen molar-refractivity contribution in [3.8, 4) is 0 Å². The van der Waals surface area contributed by atoms with E-state index in [9.17, 15) is 9.90 Å². The van der Waals surface area contributed by atoms with E-state index in [0.29, 0.717) is 11.3 Å². The van der Waals surface area contributed by atoms with Crippen molar-refractivity contribution in [3.63, 3.8) is 0 Å². The molecule has 2 aromatic carbocycles. The monoisotopic (exact) mass is 278 g/mol. The summed E-state index contributed by atoms with van der Waals surface area (Å²) in [5.41, 5.74) is 6.09. The van der Waals surface area contributed by atoms with Gasteiger partial charge >= 0.3 is 5.97 Å². The Kier molecular flexibility index (Phi) is 3.16. The van der Waals surface area contributed by atoms with Gasteiger partial charge in [0.25, 0.3) is 0 Å². The van der Waals surface area contributed by atoms with Crippen molar-refractivity contribution in [1.29, 1.82) is 0 Å². The van der Waals surface area contributed by atoms with Crippen LogP contribution in [-0.4, -0.2) is 16.1 Å². The lowest BCUT2D eigenvalue weighted by molar-refractivity contribution is -0.142. The largest absolute Gasteiger partial charge is 0.479 e. The highest BCUT2D eigenvalue weighted by Gasteiger charge is 2.39. The fourth-order valence-corrected chi connectivity index (χ4v) is 2.37. The first kappa shape index (κ1) is 13.3. The fraction of sp³-hybridized carbons (Fsp3) is 0.0588. The van der Waals surface area contributed by atoms with E-state index < -0.39 is 11.5 Å². The Hall–Kier alpha value is -2.72. The predicted octanol–water partition coefficient (Wildman–Crippen LogP) is 2.52. The van der Waals surface area contributed by atoms with Crippen molar-refractivity contribution in [2.45, 2.75) is 5.54 Å². The number of para-hydroxylation sites is 1. The lowest BCUT2D eigenvalue weighted by atomic mass is 9.87. The highest BCUT2D eigenvalue weighted by molar-refractivity contribution is 5.86. The molecule has 0 aliphatic heterocycles. The third-order valence-electron chi connectivity index (χ3n) is 3.57. The van der Waals surface area contributed by atoms with Gasteiger partial charge in [-0.25, -0.2) is 9.78 Å². The quantitative estimate of drug-likeness (QED) is 0.772. The third-order valence-corrected chi connectivity index (χ3v) is 3.57. The maximum Gasteiger partial charge on any atom is 0.334 e. The molecule has 21 heavy (non-hydrogen) atoms. The molecule has 1 unspecified atom stereocenters. The van der Waals surface area contributed by atoms with Crippen LogP contribution in [0.2, 0.25) is 0 Å². The molecular weight excluding hydrogens is 264 g/mol. The molecule has 1 atom stereocenters. The molecule has 3 aromatic rings. The minimum absolute atomic E-state index is 0.319. The molecule has 0 radical (unpaired) electrons. The van der Waals surface area contributed by atoms with Gasteiger partial charge in [0, 0.05) is 5.39 Å². The van der Waals surface area contributed by atoms with Gasteiger partial charge < -0.3 is 10.8 Å². The number of carbonyl (C=O) groups is 1. The van der Waals surface area contributed by atoms with Crippen LogP contribution in [0.4, 0.5) is 0 Å². The molecule has 0 saturated heterocycles. The number of nitrogens with zero attached hydrogens (tertiary/aromatic N) is 1. The minimum Gasteiger partial charge on any atom is -0.479 e. The summed E-state index contributed by atoms with van der Waals surface area (Å²) < 4.78 is 0. The van der Waals surface area contributed by atoms with Crippen molar-refractivity contribution in [1.82, 2.24) is 4.98 Å². The van der Waals surface area contributed by atoms with Gasteiger partial charge in [-0.15, -0.1) is 0 Å². The number of carboxylic acid groups (broad SMARTS) is 1. The summed E-state index contributed by atoms with van der Waals surface area (Å²) in [6.45, 7) is 0. The van der Waals surface area contributed by atoms with Gasteiger partial charge in [-0.3, -0.25) is 0 Å². The second kappa shape index (κ2) is 5.00. The predicted molar refractivity (Wildman–Crippen MR) is 80.8 cm³/mol. The number of rotatable bonds is 3. The smallest absolute Gasteiger partial charge is 0.334 e. The van der Waals surface area contributed by atoms with Crippen molar-refractivity contribution < 1.29 is 9.90 Å². The van der Waals surface area contributed by atoms with E-state index in [1.165, 1.54) is 0 Å². The van der Waals surface area contributed by atoms with Crippen LogP contribution in [0.3, 0.4) is 0 Å². The Morgan fingerprint density at radius 1 is 0.952 bits per heavy atom. The number of aliphatic carboxylic acids is 1. The first-order chi connectivity index (χ1) is 10.1. The van der Waals surface area contributed by atoms with Gasteiger partial charge in [0.05, 0.1) is 11.2 Å². The minimum atomic E-state index is -1.66. The lowest BCUT2D eigenvalue weighted by Crippen LogP contribution is -2.46. The molecule has 104 valence electrons. The van der Waals surface area contributed by atoms with Crippen molar-refractivity contribution in [3.05, 3.63) is 78.0 Å². The van der Waals surface area contributed by atoms with Crippen LogP contribution < -0.4 is 5.73 Å². The number of fused-ring (bicyclic) bond motifs is 1. The molecular formula is C17H14N2O2. The second-order valence-electron chi connectivity index (χ2n) is 4.87. The summed E-state index contributed by atoms with van der Waals surface area (Å²) in [6.07, 6.45) is 0. The fourth-order valence-electron chi connectivity index (χ4n) is 2.37. The topological polar surface area (TPSA) is 76.2 Å². The zero-order valence-electron chi connectivity index (χ0n) is 11.2. The molecule has 0 amide bonds. The number of pyridine rings is 1. The number of benzene rings is 2. The van der Waals surface area contributed by atoms with Gasteiger partial charge in [-0.1, -0.05) is 54.6 Å². The van der Waals surface area contributed by atoms with Crippen LogP contribution >= 0.6 is 0 Å². The highest BCUT2D eigenvalue weighted by Crippen LogP contribution is 2.27. The molecule has 0 saturated carbocycles. The van der Waals surface area contributed by atoms with Gasteiger partial charge in [0.1, 0.15) is 0 Å². The first-order valence-electron chi connectivity index (χ1n) is 6.56. The summed E-state index contributed by atoms with van der Waals surface area (Å²) in [5.74, 6) is -1.13. The average Bonchev–Trinajstić information content (AvgIpc) is 2.54. The van der Waals surface area contributed by atoms with E-state index in [0.717, 1.165) is 10.9 Å².